The molecule has 5 nitrogen and oxygen atoms in total. The highest BCUT2D eigenvalue weighted by Crippen LogP contribution is 2.27. The van der Waals surface area contributed by atoms with Gasteiger partial charge in [0.05, 0.1) is 5.69 Å². The molecule has 2 aromatic rings. The standard InChI is InChI=1S/C18H21N3O2S/c1-13-16(24-18(20-13)14-7-3-2-4-8-14)17(23)19-10-9-15(22)21-11-5-6-12-21/h2-4,7-8H,5-6,9-12H2,1H3,(H,19,23). The average Bonchev–Trinajstić information content (AvgIpc) is 3.25. The van der Waals surface area contributed by atoms with Crippen molar-refractivity contribution < 1.29 is 9.59 Å². The van der Waals surface area contributed by atoms with Gasteiger partial charge >= 0.3 is 0 Å². The predicted octanol–water partition coefficient (Wildman–Crippen LogP) is 2.86. The number of likely N-dealkylation sites (tertiary alicyclic amines) is 1. The first kappa shape index (κ1) is 16.6. The second-order valence-electron chi connectivity index (χ2n) is 5.89. The molecule has 0 saturated carbocycles. The average molecular weight is 343 g/mol. The first-order valence-corrected chi connectivity index (χ1v) is 9.05. The minimum Gasteiger partial charge on any atom is -0.351 e. The molecule has 2 heterocycles. The number of nitrogens with zero attached hydrogens (tertiary/aromatic N) is 2. The van der Waals surface area contributed by atoms with Crippen molar-refractivity contribution >= 4 is 23.2 Å². The van der Waals surface area contributed by atoms with Crippen molar-refractivity contribution in [2.45, 2.75) is 26.2 Å². The van der Waals surface area contributed by atoms with E-state index in [2.05, 4.69) is 10.3 Å². The summed E-state index contributed by atoms with van der Waals surface area (Å²) in [5.74, 6) is -0.0276. The molecular weight excluding hydrogens is 322 g/mol. The Kier molecular flexibility index (Phi) is 5.25. The third-order valence-corrected chi connectivity index (χ3v) is 5.31. The molecular formula is C18H21N3O2S. The van der Waals surface area contributed by atoms with Gasteiger partial charge in [-0.3, -0.25) is 9.59 Å². The minimum absolute atomic E-state index is 0.124. The zero-order valence-corrected chi connectivity index (χ0v) is 14.6. The molecule has 0 radical (unpaired) electrons. The van der Waals surface area contributed by atoms with Gasteiger partial charge in [-0.25, -0.2) is 4.98 Å². The van der Waals surface area contributed by atoms with Crippen molar-refractivity contribution in [3.8, 4) is 10.6 Å². The van der Waals surface area contributed by atoms with E-state index in [0.717, 1.165) is 42.2 Å². The van der Waals surface area contributed by atoms with Crippen molar-refractivity contribution in [1.29, 1.82) is 0 Å². The topological polar surface area (TPSA) is 62.3 Å². The Morgan fingerprint density at radius 1 is 1.21 bits per heavy atom. The van der Waals surface area contributed by atoms with Crippen LogP contribution in [0.2, 0.25) is 0 Å². The van der Waals surface area contributed by atoms with Crippen molar-refractivity contribution in [2.24, 2.45) is 0 Å². The molecule has 0 bridgehead atoms. The molecule has 1 aromatic carbocycles. The minimum atomic E-state index is -0.151. The molecule has 1 aliphatic rings. The van der Waals surface area contributed by atoms with E-state index in [1.54, 1.807) is 0 Å². The number of aryl methyl sites for hydroxylation is 1. The molecule has 1 saturated heterocycles. The molecule has 24 heavy (non-hydrogen) atoms. The van der Waals surface area contributed by atoms with E-state index in [1.807, 2.05) is 42.2 Å². The van der Waals surface area contributed by atoms with Crippen LogP contribution in [0.4, 0.5) is 0 Å². The van der Waals surface area contributed by atoms with Gasteiger partial charge < -0.3 is 10.2 Å². The monoisotopic (exact) mass is 343 g/mol. The molecule has 6 heteroatoms. The Morgan fingerprint density at radius 2 is 1.92 bits per heavy atom. The summed E-state index contributed by atoms with van der Waals surface area (Å²) < 4.78 is 0. The first-order chi connectivity index (χ1) is 11.6. The molecule has 126 valence electrons. The lowest BCUT2D eigenvalue weighted by molar-refractivity contribution is -0.129. The summed E-state index contributed by atoms with van der Waals surface area (Å²) in [6.07, 6.45) is 2.52. The molecule has 0 aliphatic carbocycles. The van der Waals surface area contributed by atoms with Gasteiger partial charge in [0.15, 0.2) is 0 Å². The fourth-order valence-corrected chi connectivity index (χ4v) is 3.79. The number of aromatic nitrogens is 1. The number of thiazole rings is 1. The van der Waals surface area contributed by atoms with Crippen molar-refractivity contribution in [3.63, 3.8) is 0 Å². The van der Waals surface area contributed by atoms with Gasteiger partial charge in [-0.2, -0.15) is 0 Å². The Bertz CT molecular complexity index is 721. The van der Waals surface area contributed by atoms with E-state index >= 15 is 0 Å². The highest BCUT2D eigenvalue weighted by Gasteiger charge is 2.19. The summed E-state index contributed by atoms with van der Waals surface area (Å²) in [7, 11) is 0. The van der Waals surface area contributed by atoms with Gasteiger partial charge in [-0.15, -0.1) is 11.3 Å². The van der Waals surface area contributed by atoms with Crippen LogP contribution in [0.15, 0.2) is 30.3 Å². The lowest BCUT2D eigenvalue weighted by atomic mass is 10.2. The second-order valence-corrected chi connectivity index (χ2v) is 6.89. The van der Waals surface area contributed by atoms with E-state index in [-0.39, 0.29) is 11.8 Å². The number of nitrogens with one attached hydrogen (secondary N) is 1. The molecule has 1 aromatic heterocycles. The van der Waals surface area contributed by atoms with Gasteiger partial charge in [0.25, 0.3) is 5.91 Å². The Morgan fingerprint density at radius 3 is 2.62 bits per heavy atom. The third kappa shape index (κ3) is 3.82. The normalized spacial score (nSPS) is 14.0. The first-order valence-electron chi connectivity index (χ1n) is 8.24. The largest absolute Gasteiger partial charge is 0.351 e. The molecule has 0 unspecified atom stereocenters. The molecule has 1 fully saturated rings. The van der Waals surface area contributed by atoms with Crippen LogP contribution >= 0.6 is 11.3 Å². The van der Waals surface area contributed by atoms with E-state index in [0.29, 0.717) is 17.8 Å². The zero-order chi connectivity index (χ0) is 16.9. The molecule has 1 aliphatic heterocycles. The van der Waals surface area contributed by atoms with Crippen LogP contribution in [0, 0.1) is 6.92 Å². The van der Waals surface area contributed by atoms with Crippen LogP contribution in [0.3, 0.4) is 0 Å². The fraction of sp³-hybridized carbons (Fsp3) is 0.389. The predicted molar refractivity (Wildman–Crippen MR) is 95.1 cm³/mol. The zero-order valence-electron chi connectivity index (χ0n) is 13.7. The maximum atomic E-state index is 12.3. The summed E-state index contributed by atoms with van der Waals surface area (Å²) in [6.45, 7) is 3.90. The summed E-state index contributed by atoms with van der Waals surface area (Å²) in [5.41, 5.74) is 1.73. The molecule has 0 spiro atoms. The number of carbonyl (C=O) groups is 2. The van der Waals surface area contributed by atoms with Gasteiger partial charge in [-0.05, 0) is 19.8 Å². The smallest absolute Gasteiger partial charge is 0.263 e. The van der Waals surface area contributed by atoms with Crippen LogP contribution in [0.25, 0.3) is 10.6 Å². The highest BCUT2D eigenvalue weighted by atomic mass is 32.1. The number of hydrogen-bond donors (Lipinski definition) is 1. The Hall–Kier alpha value is -2.21. The molecule has 0 atom stereocenters. The van der Waals surface area contributed by atoms with Gasteiger partial charge in [-0.1, -0.05) is 30.3 Å². The van der Waals surface area contributed by atoms with Crippen LogP contribution < -0.4 is 5.32 Å². The molecule has 2 amide bonds. The Labute approximate surface area is 145 Å². The summed E-state index contributed by atoms with van der Waals surface area (Å²) in [5, 5.41) is 3.68. The number of benzene rings is 1. The second kappa shape index (κ2) is 7.57. The SMILES string of the molecule is Cc1nc(-c2ccccc2)sc1C(=O)NCCC(=O)N1CCCC1. The summed E-state index contributed by atoms with van der Waals surface area (Å²) >= 11 is 1.39. The van der Waals surface area contributed by atoms with Gasteiger partial charge in [0.1, 0.15) is 9.88 Å². The maximum absolute atomic E-state index is 12.3. The number of amides is 2. The van der Waals surface area contributed by atoms with Gasteiger partial charge in [0, 0.05) is 31.6 Å². The molecule has 3 rings (SSSR count). The van der Waals surface area contributed by atoms with Crippen molar-refractivity contribution in [3.05, 3.63) is 40.9 Å². The van der Waals surface area contributed by atoms with Crippen LogP contribution in [0.1, 0.15) is 34.6 Å². The lowest BCUT2D eigenvalue weighted by Crippen LogP contribution is -2.32. The maximum Gasteiger partial charge on any atom is 0.263 e. The third-order valence-electron chi connectivity index (χ3n) is 4.11. The highest BCUT2D eigenvalue weighted by molar-refractivity contribution is 7.17. The lowest BCUT2D eigenvalue weighted by Gasteiger charge is -2.15. The number of hydrogen-bond acceptors (Lipinski definition) is 4. The van der Waals surface area contributed by atoms with Crippen LogP contribution in [-0.4, -0.2) is 41.3 Å². The van der Waals surface area contributed by atoms with E-state index in [1.165, 1.54) is 11.3 Å². The molecule has 1 N–H and O–H groups in total. The van der Waals surface area contributed by atoms with Crippen molar-refractivity contribution in [2.75, 3.05) is 19.6 Å². The van der Waals surface area contributed by atoms with E-state index in [4.69, 9.17) is 0 Å². The van der Waals surface area contributed by atoms with Crippen LogP contribution in [0.5, 0.6) is 0 Å². The van der Waals surface area contributed by atoms with Crippen molar-refractivity contribution in [1.82, 2.24) is 15.2 Å². The van der Waals surface area contributed by atoms with Gasteiger partial charge in [0.2, 0.25) is 5.91 Å². The van der Waals surface area contributed by atoms with E-state index in [9.17, 15) is 9.59 Å². The summed E-state index contributed by atoms with van der Waals surface area (Å²) in [4.78, 5) is 31.3. The summed E-state index contributed by atoms with van der Waals surface area (Å²) in [6, 6.07) is 9.82. The number of rotatable bonds is 5. The van der Waals surface area contributed by atoms with E-state index < -0.39 is 0 Å². The fourth-order valence-electron chi connectivity index (χ4n) is 2.80. The quantitative estimate of drug-likeness (QED) is 0.908. The number of carbonyl (C=O) groups excluding carboxylic acids is 2. The van der Waals surface area contributed by atoms with Crippen LogP contribution in [-0.2, 0) is 4.79 Å². The Balaban J connectivity index is 1.57.